The van der Waals surface area contributed by atoms with Crippen molar-refractivity contribution in [3.05, 3.63) is 23.3 Å². The van der Waals surface area contributed by atoms with E-state index in [0.29, 0.717) is 0 Å². The molecule has 0 aromatic carbocycles. The van der Waals surface area contributed by atoms with Crippen LogP contribution in [-0.2, 0) is 0 Å². The molecule has 0 heteroatoms. The lowest BCUT2D eigenvalue weighted by molar-refractivity contribution is 0.386. The van der Waals surface area contributed by atoms with Crippen molar-refractivity contribution in [1.29, 1.82) is 0 Å². The fourth-order valence-corrected chi connectivity index (χ4v) is 3.65. The van der Waals surface area contributed by atoms with Crippen LogP contribution >= 0.6 is 0 Å². The van der Waals surface area contributed by atoms with Crippen LogP contribution in [0.5, 0.6) is 0 Å². The van der Waals surface area contributed by atoms with Gasteiger partial charge in [-0.25, -0.2) is 0 Å². The monoisotopic (exact) mass is 160 g/mol. The van der Waals surface area contributed by atoms with Gasteiger partial charge >= 0.3 is 0 Å². The zero-order valence-electron chi connectivity index (χ0n) is 7.88. The van der Waals surface area contributed by atoms with Gasteiger partial charge in [-0.15, -0.1) is 0 Å². The Kier molecular flexibility index (Phi) is 1.18. The van der Waals surface area contributed by atoms with Gasteiger partial charge in [-0.2, -0.15) is 0 Å². The van der Waals surface area contributed by atoms with Crippen LogP contribution in [0, 0.1) is 23.7 Å². The normalized spacial score (nSPS) is 49.2. The fraction of sp³-hybridized carbons (Fsp3) is 0.667. The lowest BCUT2D eigenvalue weighted by Gasteiger charge is -2.22. The van der Waals surface area contributed by atoms with E-state index in [4.69, 9.17) is 0 Å². The Morgan fingerprint density at radius 2 is 2.08 bits per heavy atom. The molecular formula is C12H16. The van der Waals surface area contributed by atoms with E-state index in [2.05, 4.69) is 26.0 Å². The van der Waals surface area contributed by atoms with Crippen LogP contribution in [0.3, 0.4) is 0 Å². The maximum absolute atomic E-state index is 2.55. The smallest absolute Gasteiger partial charge is 0.0128 e. The molecule has 0 aromatic heterocycles. The zero-order valence-corrected chi connectivity index (χ0v) is 7.88. The van der Waals surface area contributed by atoms with Crippen molar-refractivity contribution in [3.8, 4) is 0 Å². The zero-order chi connectivity index (χ0) is 8.29. The molecule has 0 N–H and O–H groups in total. The van der Waals surface area contributed by atoms with Gasteiger partial charge in [0.15, 0.2) is 0 Å². The second kappa shape index (κ2) is 2.04. The molecule has 0 nitrogen and oxygen atoms in total. The topological polar surface area (TPSA) is 0 Å². The first-order valence-electron chi connectivity index (χ1n) is 5.11. The van der Waals surface area contributed by atoms with Crippen LogP contribution in [0.15, 0.2) is 23.3 Å². The lowest BCUT2D eigenvalue weighted by atomic mass is 9.82. The van der Waals surface area contributed by atoms with Gasteiger partial charge in [0.25, 0.3) is 0 Å². The molecule has 0 amide bonds. The number of rotatable bonds is 0. The molecule has 64 valence electrons. The first-order chi connectivity index (χ1) is 5.75. The van der Waals surface area contributed by atoms with E-state index in [0.717, 1.165) is 23.7 Å². The van der Waals surface area contributed by atoms with Gasteiger partial charge in [-0.3, -0.25) is 0 Å². The lowest BCUT2D eigenvalue weighted by Crippen LogP contribution is -2.15. The fourth-order valence-electron chi connectivity index (χ4n) is 3.65. The van der Waals surface area contributed by atoms with Gasteiger partial charge < -0.3 is 0 Å². The van der Waals surface area contributed by atoms with Gasteiger partial charge in [0.2, 0.25) is 0 Å². The second-order valence-corrected chi connectivity index (χ2v) is 4.88. The molecule has 0 radical (unpaired) electrons. The molecule has 1 fully saturated rings. The first kappa shape index (κ1) is 6.94. The summed E-state index contributed by atoms with van der Waals surface area (Å²) in [5.74, 6) is 3.80. The average Bonchev–Trinajstić information content (AvgIpc) is 2.57. The Morgan fingerprint density at radius 3 is 2.92 bits per heavy atom. The molecule has 2 bridgehead atoms. The molecule has 3 aliphatic carbocycles. The first-order valence-corrected chi connectivity index (χ1v) is 5.11. The molecule has 1 saturated carbocycles. The van der Waals surface area contributed by atoms with E-state index in [1.807, 2.05) is 0 Å². The van der Waals surface area contributed by atoms with Crippen LogP contribution in [0.1, 0.15) is 26.7 Å². The predicted octanol–water partition coefficient (Wildman–Crippen LogP) is 3.16. The largest absolute Gasteiger partial charge is 0.0819 e. The summed E-state index contributed by atoms with van der Waals surface area (Å²) in [6.45, 7) is 4.62. The summed E-state index contributed by atoms with van der Waals surface area (Å²) < 4.78 is 0. The molecule has 12 heavy (non-hydrogen) atoms. The number of hydrogen-bond donors (Lipinski definition) is 0. The molecule has 3 aliphatic rings. The number of hydrogen-bond acceptors (Lipinski definition) is 0. The summed E-state index contributed by atoms with van der Waals surface area (Å²) in [4.78, 5) is 0. The summed E-state index contributed by atoms with van der Waals surface area (Å²) in [6.07, 6.45) is 7.94. The Balaban J connectivity index is 2.00. The Morgan fingerprint density at radius 1 is 1.25 bits per heavy atom. The third-order valence-electron chi connectivity index (χ3n) is 4.13. The van der Waals surface area contributed by atoms with Crippen LogP contribution in [-0.4, -0.2) is 0 Å². The van der Waals surface area contributed by atoms with Crippen LogP contribution in [0.4, 0.5) is 0 Å². The minimum atomic E-state index is 0.928. The Hall–Kier alpha value is -0.520. The summed E-state index contributed by atoms with van der Waals surface area (Å²) in [5.41, 5.74) is 3.31. The minimum absolute atomic E-state index is 0.928. The highest BCUT2D eigenvalue weighted by molar-refractivity contribution is 5.29. The van der Waals surface area contributed by atoms with Crippen molar-refractivity contribution in [3.63, 3.8) is 0 Å². The third kappa shape index (κ3) is 0.688. The van der Waals surface area contributed by atoms with Gasteiger partial charge in [0.1, 0.15) is 0 Å². The summed E-state index contributed by atoms with van der Waals surface area (Å²) in [5, 5.41) is 0. The van der Waals surface area contributed by atoms with Crippen molar-refractivity contribution in [2.75, 3.05) is 0 Å². The maximum Gasteiger partial charge on any atom is -0.0128 e. The third-order valence-corrected chi connectivity index (χ3v) is 4.13. The van der Waals surface area contributed by atoms with Crippen LogP contribution in [0.2, 0.25) is 0 Å². The van der Waals surface area contributed by atoms with Crippen molar-refractivity contribution in [2.24, 2.45) is 23.7 Å². The molecule has 3 rings (SSSR count). The second-order valence-electron chi connectivity index (χ2n) is 4.88. The van der Waals surface area contributed by atoms with E-state index in [-0.39, 0.29) is 0 Å². The maximum atomic E-state index is 2.55. The van der Waals surface area contributed by atoms with E-state index >= 15 is 0 Å². The highest BCUT2D eigenvalue weighted by Crippen LogP contribution is 2.56. The average molecular weight is 160 g/mol. The quantitative estimate of drug-likeness (QED) is 0.477. The summed E-state index contributed by atoms with van der Waals surface area (Å²) in [7, 11) is 0. The van der Waals surface area contributed by atoms with Gasteiger partial charge in [0, 0.05) is 0 Å². The van der Waals surface area contributed by atoms with Crippen molar-refractivity contribution < 1.29 is 0 Å². The van der Waals surface area contributed by atoms with Crippen molar-refractivity contribution in [1.82, 2.24) is 0 Å². The van der Waals surface area contributed by atoms with Crippen molar-refractivity contribution in [2.45, 2.75) is 26.7 Å². The molecule has 0 aliphatic heterocycles. The SMILES string of the molecule is CC1=C[C@@H]2[C@H](C1)[C@@H]1C=C(C)[C@H]2C1. The molecule has 0 aromatic rings. The highest BCUT2D eigenvalue weighted by atomic mass is 14.5. The van der Waals surface area contributed by atoms with E-state index in [1.165, 1.54) is 12.8 Å². The number of fused-ring (bicyclic) bond motifs is 5. The van der Waals surface area contributed by atoms with Crippen molar-refractivity contribution >= 4 is 0 Å². The van der Waals surface area contributed by atoms with Crippen LogP contribution in [0.25, 0.3) is 0 Å². The van der Waals surface area contributed by atoms with Gasteiger partial charge in [-0.05, 0) is 50.4 Å². The molecule has 0 saturated heterocycles. The van der Waals surface area contributed by atoms with E-state index in [1.54, 1.807) is 11.1 Å². The Bertz CT molecular complexity index is 282. The van der Waals surface area contributed by atoms with E-state index in [9.17, 15) is 0 Å². The standard InChI is InChI=1S/C12H16/c1-7-3-11-9-5-8(2)10(6-9)12(11)4-7/h4-5,9-12H,3,6H2,1-2H3/t9-,10-,11-,12+/m1/s1. The summed E-state index contributed by atoms with van der Waals surface area (Å²) in [6, 6.07) is 0. The molecule has 0 unspecified atom stereocenters. The molecule has 0 spiro atoms. The predicted molar refractivity (Wildman–Crippen MR) is 50.7 cm³/mol. The van der Waals surface area contributed by atoms with Crippen LogP contribution < -0.4 is 0 Å². The molecule has 0 heterocycles. The summed E-state index contributed by atoms with van der Waals surface area (Å²) >= 11 is 0. The van der Waals surface area contributed by atoms with E-state index < -0.39 is 0 Å². The molecule has 4 atom stereocenters. The van der Waals surface area contributed by atoms with Gasteiger partial charge in [0.05, 0.1) is 0 Å². The minimum Gasteiger partial charge on any atom is -0.0819 e. The highest BCUT2D eigenvalue weighted by Gasteiger charge is 2.47. The Labute approximate surface area is 74.4 Å². The molecular weight excluding hydrogens is 144 g/mol. The number of allylic oxidation sites excluding steroid dienone is 4. The van der Waals surface area contributed by atoms with Gasteiger partial charge in [-0.1, -0.05) is 23.3 Å².